The van der Waals surface area contributed by atoms with Crippen molar-refractivity contribution >= 4 is 35.6 Å². The molecule has 0 aromatic heterocycles. The number of aliphatic hydroxyl groups excluding tert-OH is 1. The van der Waals surface area contributed by atoms with Crippen LogP contribution in [0.4, 0.5) is 10.1 Å². The quantitative estimate of drug-likeness (QED) is 0.271. The fourth-order valence-corrected chi connectivity index (χ4v) is 4.06. The van der Waals surface area contributed by atoms with Crippen molar-refractivity contribution in [1.29, 1.82) is 0 Å². The van der Waals surface area contributed by atoms with E-state index in [9.17, 15) is 9.50 Å². The first-order chi connectivity index (χ1) is 14.9. The molecule has 1 fully saturated rings. The van der Waals surface area contributed by atoms with E-state index in [-0.39, 0.29) is 35.9 Å². The van der Waals surface area contributed by atoms with E-state index < -0.39 is 0 Å². The Hall–Kier alpha value is -1.87. The van der Waals surface area contributed by atoms with Crippen LogP contribution in [0.2, 0.25) is 0 Å². The normalized spacial score (nSPS) is 14.8. The van der Waals surface area contributed by atoms with Gasteiger partial charge in [-0.3, -0.25) is 0 Å². The van der Waals surface area contributed by atoms with Gasteiger partial charge in [-0.05, 0) is 63.3 Å². The van der Waals surface area contributed by atoms with Crippen molar-refractivity contribution < 1.29 is 9.50 Å². The van der Waals surface area contributed by atoms with Crippen molar-refractivity contribution in [1.82, 2.24) is 10.6 Å². The Kier molecular flexibility index (Phi) is 10.7. The number of nitrogens with zero attached hydrogens (tertiary/aromatic N) is 2. The van der Waals surface area contributed by atoms with Crippen LogP contribution in [-0.2, 0) is 13.0 Å². The average Bonchev–Trinajstić information content (AvgIpc) is 2.72. The average molecular weight is 554 g/mol. The molecule has 5 nitrogen and oxygen atoms in total. The summed E-state index contributed by atoms with van der Waals surface area (Å²) >= 11 is 0. The van der Waals surface area contributed by atoms with Gasteiger partial charge in [0.25, 0.3) is 0 Å². The Morgan fingerprint density at radius 1 is 1.06 bits per heavy atom. The van der Waals surface area contributed by atoms with Gasteiger partial charge in [0.15, 0.2) is 5.96 Å². The second-order valence-corrected chi connectivity index (χ2v) is 8.37. The minimum absolute atomic E-state index is 0. The second kappa shape index (κ2) is 13.0. The van der Waals surface area contributed by atoms with Crippen LogP contribution in [0.25, 0.3) is 0 Å². The van der Waals surface area contributed by atoms with Gasteiger partial charge in [-0.25, -0.2) is 9.38 Å². The first-order valence-corrected chi connectivity index (χ1v) is 11.3. The van der Waals surface area contributed by atoms with E-state index in [0.29, 0.717) is 38.2 Å². The number of benzene rings is 2. The molecule has 3 N–H and O–H groups in total. The molecule has 0 atom stereocenters. The van der Waals surface area contributed by atoms with Crippen molar-refractivity contribution in [2.24, 2.45) is 4.99 Å². The summed E-state index contributed by atoms with van der Waals surface area (Å²) in [5, 5.41) is 16.3. The van der Waals surface area contributed by atoms with Crippen LogP contribution in [0.1, 0.15) is 42.0 Å². The predicted octanol–water partition coefficient (Wildman–Crippen LogP) is 4.32. The zero-order valence-corrected chi connectivity index (χ0v) is 21.7. The van der Waals surface area contributed by atoms with Gasteiger partial charge in [0, 0.05) is 26.2 Å². The lowest BCUT2D eigenvalue weighted by molar-refractivity contribution is 0.145. The number of rotatable bonds is 7. The highest BCUT2D eigenvalue weighted by molar-refractivity contribution is 14.0. The van der Waals surface area contributed by atoms with E-state index in [1.54, 1.807) is 6.07 Å². The lowest BCUT2D eigenvalue weighted by atomic mass is 10.1. The third-order valence-electron chi connectivity index (χ3n) is 5.57. The summed E-state index contributed by atoms with van der Waals surface area (Å²) in [5.74, 6) is 0.512. The van der Waals surface area contributed by atoms with Crippen molar-refractivity contribution in [3.05, 3.63) is 64.5 Å². The van der Waals surface area contributed by atoms with Gasteiger partial charge >= 0.3 is 0 Å². The Balaban J connectivity index is 0.00000363. The van der Waals surface area contributed by atoms with E-state index >= 15 is 0 Å². The first-order valence-electron chi connectivity index (χ1n) is 11.3. The minimum atomic E-state index is -0.264. The Labute approximate surface area is 208 Å². The first kappa shape index (κ1) is 26.4. The van der Waals surface area contributed by atoms with Crippen LogP contribution in [0.3, 0.4) is 0 Å². The van der Waals surface area contributed by atoms with Crippen LogP contribution in [0, 0.1) is 19.7 Å². The lowest BCUT2D eigenvalue weighted by Crippen LogP contribution is -2.38. The molecule has 1 saturated heterocycles. The van der Waals surface area contributed by atoms with Gasteiger partial charge < -0.3 is 20.6 Å². The fraction of sp³-hybridized carbons (Fsp3) is 0.480. The molecule has 0 bridgehead atoms. The molecular formula is C25H36FIN4O. The standard InChI is InChI=1S/C25H35FN4O.HI/c1-4-27-25(28-10-7-20-14-18(2)13-19(3)15-20)29-17-21-5-6-24(23(26)16-21)30-11-8-22(31)9-12-30;/h5-6,13-16,22,31H,4,7-12,17H2,1-3H3,(H2,27,28,29);1H. The zero-order chi connectivity index (χ0) is 22.2. The predicted molar refractivity (Wildman–Crippen MR) is 142 cm³/mol. The summed E-state index contributed by atoms with van der Waals surface area (Å²) < 4.78 is 14.7. The minimum Gasteiger partial charge on any atom is -0.393 e. The summed E-state index contributed by atoms with van der Waals surface area (Å²) in [7, 11) is 0. The second-order valence-electron chi connectivity index (χ2n) is 8.37. The highest BCUT2D eigenvalue weighted by Crippen LogP contribution is 2.24. The molecule has 0 radical (unpaired) electrons. The summed E-state index contributed by atoms with van der Waals surface area (Å²) in [4.78, 5) is 6.63. The summed E-state index contributed by atoms with van der Waals surface area (Å²) in [5.41, 5.74) is 5.32. The Morgan fingerprint density at radius 2 is 1.75 bits per heavy atom. The van der Waals surface area contributed by atoms with Crippen LogP contribution < -0.4 is 15.5 Å². The van der Waals surface area contributed by atoms with Crippen LogP contribution >= 0.6 is 24.0 Å². The van der Waals surface area contributed by atoms with Gasteiger partial charge in [-0.15, -0.1) is 24.0 Å². The van der Waals surface area contributed by atoms with Crippen molar-refractivity contribution in [2.45, 2.75) is 52.7 Å². The van der Waals surface area contributed by atoms with Crippen molar-refractivity contribution in [3.8, 4) is 0 Å². The number of piperidine rings is 1. The van der Waals surface area contributed by atoms with Crippen LogP contribution in [-0.4, -0.2) is 43.3 Å². The molecule has 2 aromatic carbocycles. The highest BCUT2D eigenvalue weighted by Gasteiger charge is 2.19. The van der Waals surface area contributed by atoms with Crippen molar-refractivity contribution in [3.63, 3.8) is 0 Å². The molecule has 7 heteroatoms. The van der Waals surface area contributed by atoms with Gasteiger partial charge in [-0.1, -0.05) is 35.4 Å². The number of aliphatic imine (C=N–C) groups is 1. The number of hydrogen-bond acceptors (Lipinski definition) is 3. The largest absolute Gasteiger partial charge is 0.393 e. The molecule has 0 spiro atoms. The maximum Gasteiger partial charge on any atom is 0.191 e. The molecule has 2 aromatic rings. The van der Waals surface area contributed by atoms with Gasteiger partial charge in [0.2, 0.25) is 0 Å². The van der Waals surface area contributed by atoms with Crippen molar-refractivity contribution in [2.75, 3.05) is 31.1 Å². The maximum atomic E-state index is 14.7. The number of aryl methyl sites for hydroxylation is 2. The lowest BCUT2D eigenvalue weighted by Gasteiger charge is -2.31. The maximum absolute atomic E-state index is 14.7. The number of halogens is 2. The van der Waals surface area contributed by atoms with E-state index in [0.717, 1.165) is 31.0 Å². The van der Waals surface area contributed by atoms with Gasteiger partial charge in [0.05, 0.1) is 18.3 Å². The summed E-state index contributed by atoms with van der Waals surface area (Å²) in [6.07, 6.45) is 2.03. The molecule has 1 heterocycles. The smallest absolute Gasteiger partial charge is 0.191 e. The summed E-state index contributed by atoms with van der Waals surface area (Å²) in [6.45, 7) is 9.60. The SMILES string of the molecule is CCNC(=NCc1ccc(N2CCC(O)CC2)c(F)c1)NCCc1cc(C)cc(C)c1.I. The third kappa shape index (κ3) is 7.92. The molecule has 3 rings (SSSR count). The number of aliphatic hydroxyl groups is 1. The molecule has 1 aliphatic rings. The molecule has 0 unspecified atom stereocenters. The van der Waals surface area contributed by atoms with E-state index in [1.165, 1.54) is 16.7 Å². The topological polar surface area (TPSA) is 59.9 Å². The molecular weight excluding hydrogens is 518 g/mol. The molecule has 1 aliphatic heterocycles. The molecule has 32 heavy (non-hydrogen) atoms. The molecule has 176 valence electrons. The van der Waals surface area contributed by atoms with E-state index in [2.05, 4.69) is 47.7 Å². The molecule has 0 aliphatic carbocycles. The third-order valence-corrected chi connectivity index (χ3v) is 5.57. The van der Waals surface area contributed by atoms with Crippen LogP contribution in [0.5, 0.6) is 0 Å². The number of nitrogens with one attached hydrogen (secondary N) is 2. The number of hydrogen-bond donors (Lipinski definition) is 3. The molecule has 0 amide bonds. The monoisotopic (exact) mass is 554 g/mol. The number of guanidine groups is 1. The Bertz CT molecular complexity index is 877. The molecule has 0 saturated carbocycles. The number of anilines is 1. The fourth-order valence-electron chi connectivity index (χ4n) is 4.06. The summed E-state index contributed by atoms with van der Waals surface area (Å²) in [6, 6.07) is 12.0. The van der Waals surface area contributed by atoms with Crippen LogP contribution in [0.15, 0.2) is 41.4 Å². The van der Waals surface area contributed by atoms with E-state index in [4.69, 9.17) is 0 Å². The Morgan fingerprint density at radius 3 is 2.38 bits per heavy atom. The highest BCUT2D eigenvalue weighted by atomic mass is 127. The zero-order valence-electron chi connectivity index (χ0n) is 19.3. The van der Waals surface area contributed by atoms with Gasteiger partial charge in [0.1, 0.15) is 5.82 Å². The van der Waals surface area contributed by atoms with E-state index in [1.807, 2.05) is 24.0 Å². The van der Waals surface area contributed by atoms with Gasteiger partial charge in [-0.2, -0.15) is 0 Å².